The summed E-state index contributed by atoms with van der Waals surface area (Å²) in [5.41, 5.74) is 3.31. The van der Waals surface area contributed by atoms with Crippen molar-refractivity contribution < 1.29 is 5.11 Å². The van der Waals surface area contributed by atoms with E-state index >= 15 is 0 Å². The number of nitriles is 1. The van der Waals surface area contributed by atoms with Crippen molar-refractivity contribution in [2.45, 2.75) is 70.7 Å². The Morgan fingerprint density at radius 3 is 2.48 bits per heavy atom. The van der Waals surface area contributed by atoms with Crippen molar-refractivity contribution in [3.63, 3.8) is 0 Å². The fourth-order valence-corrected chi connectivity index (χ4v) is 5.71. The summed E-state index contributed by atoms with van der Waals surface area (Å²) in [6, 6.07) is 15.9. The lowest BCUT2D eigenvalue weighted by Crippen LogP contribution is -2.46. The number of benzene rings is 2. The molecule has 2 aromatic heterocycles. The number of fused-ring (bicyclic) bond motifs is 1. The predicted molar refractivity (Wildman–Crippen MR) is 168 cm³/mol. The Morgan fingerprint density at radius 1 is 1.12 bits per heavy atom. The maximum Gasteiger partial charge on any atom is 0.109 e. The van der Waals surface area contributed by atoms with E-state index in [4.69, 9.17) is 11.6 Å². The van der Waals surface area contributed by atoms with Crippen molar-refractivity contribution in [2.24, 2.45) is 0 Å². The van der Waals surface area contributed by atoms with Crippen LogP contribution in [0, 0.1) is 11.3 Å². The number of halogens is 1. The molecule has 10 heteroatoms. The summed E-state index contributed by atoms with van der Waals surface area (Å²) in [4.78, 5) is 7.18. The Labute approximate surface area is 252 Å². The van der Waals surface area contributed by atoms with Crippen LogP contribution in [0.5, 0.6) is 0 Å². The molecule has 42 heavy (non-hydrogen) atoms. The van der Waals surface area contributed by atoms with Crippen LogP contribution in [0.15, 0.2) is 54.9 Å². The molecule has 0 bridgehead atoms. The molecule has 1 atom stereocenters. The SMILES string of the molecule is CC(C)(O)CNc1c(C#N)cnc2c(N[C@@H](c3ccccc3)c3cn(C4CCN(C(C)(C)C)CC4)nn3)cc(Cl)cc12. The van der Waals surface area contributed by atoms with Gasteiger partial charge in [0, 0.05) is 41.8 Å². The van der Waals surface area contributed by atoms with Crippen LogP contribution in [-0.2, 0) is 0 Å². The third-order valence-corrected chi connectivity index (χ3v) is 8.02. The fraction of sp³-hybridized carbons (Fsp3) is 0.438. The van der Waals surface area contributed by atoms with Gasteiger partial charge in [0.1, 0.15) is 11.8 Å². The molecule has 0 radical (unpaired) electrons. The highest BCUT2D eigenvalue weighted by molar-refractivity contribution is 6.32. The number of piperidine rings is 1. The molecule has 1 saturated heterocycles. The molecular formula is C32H39ClN8O. The van der Waals surface area contributed by atoms with Crippen molar-refractivity contribution >= 4 is 33.9 Å². The van der Waals surface area contributed by atoms with Crippen molar-refractivity contribution in [1.82, 2.24) is 24.9 Å². The number of hydrogen-bond acceptors (Lipinski definition) is 8. The van der Waals surface area contributed by atoms with E-state index < -0.39 is 5.60 Å². The molecule has 5 rings (SSSR count). The molecule has 0 amide bonds. The van der Waals surface area contributed by atoms with Crippen molar-refractivity contribution in [3.8, 4) is 6.07 Å². The minimum atomic E-state index is -0.977. The van der Waals surface area contributed by atoms with E-state index in [-0.39, 0.29) is 18.1 Å². The predicted octanol–water partition coefficient (Wildman–Crippen LogP) is 6.17. The van der Waals surface area contributed by atoms with Gasteiger partial charge in [0.05, 0.1) is 46.3 Å². The van der Waals surface area contributed by atoms with Gasteiger partial charge in [-0.05, 0) is 65.2 Å². The molecular weight excluding hydrogens is 548 g/mol. The zero-order valence-corrected chi connectivity index (χ0v) is 25.7. The van der Waals surface area contributed by atoms with Crippen LogP contribution in [0.1, 0.15) is 76.4 Å². The summed E-state index contributed by atoms with van der Waals surface area (Å²) in [6.07, 6.45) is 5.64. The number of likely N-dealkylation sites (tertiary alicyclic amines) is 1. The largest absolute Gasteiger partial charge is 0.389 e. The summed E-state index contributed by atoms with van der Waals surface area (Å²) in [7, 11) is 0. The molecule has 0 unspecified atom stereocenters. The summed E-state index contributed by atoms with van der Waals surface area (Å²) >= 11 is 6.64. The van der Waals surface area contributed by atoms with E-state index in [1.165, 1.54) is 0 Å². The van der Waals surface area contributed by atoms with Gasteiger partial charge in [0.25, 0.3) is 0 Å². The highest BCUT2D eigenvalue weighted by atomic mass is 35.5. The second-order valence-electron chi connectivity index (χ2n) is 12.7. The molecule has 4 aromatic rings. The maximum atomic E-state index is 10.3. The molecule has 3 N–H and O–H groups in total. The normalized spacial score (nSPS) is 15.9. The summed E-state index contributed by atoms with van der Waals surface area (Å²) in [5, 5.41) is 37.4. The molecule has 1 aliphatic rings. The molecule has 9 nitrogen and oxygen atoms in total. The highest BCUT2D eigenvalue weighted by Gasteiger charge is 2.29. The van der Waals surface area contributed by atoms with E-state index in [1.807, 2.05) is 35.1 Å². The minimum Gasteiger partial charge on any atom is -0.389 e. The van der Waals surface area contributed by atoms with Crippen molar-refractivity contribution in [1.29, 1.82) is 5.26 Å². The third-order valence-electron chi connectivity index (χ3n) is 7.80. The van der Waals surface area contributed by atoms with Crippen LogP contribution in [0.25, 0.3) is 10.9 Å². The average Bonchev–Trinajstić information content (AvgIpc) is 3.44. The van der Waals surface area contributed by atoms with Crippen LogP contribution >= 0.6 is 11.6 Å². The van der Waals surface area contributed by atoms with Crippen LogP contribution in [0.2, 0.25) is 5.02 Å². The first-order valence-corrected chi connectivity index (χ1v) is 14.8. The van der Waals surface area contributed by atoms with Gasteiger partial charge in [-0.25, -0.2) is 4.68 Å². The lowest BCUT2D eigenvalue weighted by Gasteiger charge is -2.40. The average molecular weight is 587 g/mol. The second-order valence-corrected chi connectivity index (χ2v) is 13.1. The lowest BCUT2D eigenvalue weighted by atomic mass is 9.98. The Kier molecular flexibility index (Phi) is 8.42. The van der Waals surface area contributed by atoms with Gasteiger partial charge in [0.15, 0.2) is 0 Å². The highest BCUT2D eigenvalue weighted by Crippen LogP contribution is 2.37. The van der Waals surface area contributed by atoms with Gasteiger partial charge < -0.3 is 15.7 Å². The number of nitrogens with one attached hydrogen (secondary N) is 2. The first-order chi connectivity index (χ1) is 19.9. The molecule has 0 aliphatic carbocycles. The number of nitrogens with zero attached hydrogens (tertiary/aromatic N) is 6. The Bertz CT molecular complexity index is 1570. The molecule has 1 aliphatic heterocycles. The van der Waals surface area contributed by atoms with Gasteiger partial charge >= 0.3 is 0 Å². The molecule has 0 saturated carbocycles. The van der Waals surface area contributed by atoms with E-state index in [1.54, 1.807) is 26.1 Å². The maximum absolute atomic E-state index is 10.3. The minimum absolute atomic E-state index is 0.159. The standard InChI is InChI=1S/C32H39ClN8O/c1-31(2,3)40-13-11-24(12-14-40)41-19-27(38-39-41)29(21-9-7-6-8-10-21)37-26-16-23(33)15-25-28(36-20-32(4,5)42)22(17-34)18-35-30(25)26/h6-10,15-16,18-19,24,29,37,42H,11-14,20H2,1-5H3,(H,35,36)/t29-/m0/s1. The number of aromatic nitrogens is 4. The smallest absolute Gasteiger partial charge is 0.109 e. The van der Waals surface area contributed by atoms with E-state index in [9.17, 15) is 10.4 Å². The molecule has 1 fully saturated rings. The third kappa shape index (κ3) is 6.67. The lowest BCUT2D eigenvalue weighted by molar-refractivity contribution is 0.0865. The van der Waals surface area contributed by atoms with E-state index in [0.29, 0.717) is 38.9 Å². The monoisotopic (exact) mass is 586 g/mol. The Morgan fingerprint density at radius 2 is 1.83 bits per heavy atom. The fourth-order valence-electron chi connectivity index (χ4n) is 5.49. The molecule has 3 heterocycles. The van der Waals surface area contributed by atoms with Gasteiger partial charge in [0.2, 0.25) is 0 Å². The van der Waals surface area contributed by atoms with Crippen LogP contribution < -0.4 is 10.6 Å². The number of hydrogen-bond donors (Lipinski definition) is 3. The van der Waals surface area contributed by atoms with Gasteiger partial charge in [-0.3, -0.25) is 9.88 Å². The molecule has 220 valence electrons. The quantitative estimate of drug-likeness (QED) is 0.224. The topological polar surface area (TPSA) is 115 Å². The summed E-state index contributed by atoms with van der Waals surface area (Å²) < 4.78 is 2.01. The van der Waals surface area contributed by atoms with Gasteiger partial charge in [-0.15, -0.1) is 5.10 Å². The summed E-state index contributed by atoms with van der Waals surface area (Å²) in [5.74, 6) is 0. The van der Waals surface area contributed by atoms with Crippen LogP contribution in [0.3, 0.4) is 0 Å². The van der Waals surface area contributed by atoms with Gasteiger partial charge in [-0.1, -0.05) is 47.1 Å². The zero-order valence-electron chi connectivity index (χ0n) is 24.9. The molecule has 0 spiro atoms. The number of aliphatic hydroxyl groups is 1. The zero-order chi connectivity index (χ0) is 30.1. The molecule has 2 aromatic carbocycles. The van der Waals surface area contributed by atoms with Gasteiger partial charge in [-0.2, -0.15) is 5.26 Å². The van der Waals surface area contributed by atoms with Crippen LogP contribution in [0.4, 0.5) is 11.4 Å². The first kappa shape index (κ1) is 29.8. The van der Waals surface area contributed by atoms with Crippen molar-refractivity contribution in [3.05, 3.63) is 76.7 Å². The van der Waals surface area contributed by atoms with Crippen molar-refractivity contribution in [2.75, 3.05) is 30.3 Å². The first-order valence-electron chi connectivity index (χ1n) is 14.4. The number of anilines is 2. The van der Waals surface area contributed by atoms with Crippen LogP contribution in [-0.4, -0.2) is 60.8 Å². The Balaban J connectivity index is 1.50. The Hall–Kier alpha value is -3.71. The van der Waals surface area contributed by atoms with E-state index in [0.717, 1.165) is 37.2 Å². The number of pyridine rings is 1. The van der Waals surface area contributed by atoms with E-state index in [2.05, 4.69) is 69.8 Å². The number of rotatable bonds is 8. The second kappa shape index (κ2) is 11.9. The summed E-state index contributed by atoms with van der Waals surface area (Å²) in [6.45, 7) is 12.5.